The number of aliphatic hydroxyl groups is 1. The predicted molar refractivity (Wildman–Crippen MR) is 163 cm³/mol. The number of benzene rings is 3. The summed E-state index contributed by atoms with van der Waals surface area (Å²) in [5.74, 6) is -1.82. The zero-order valence-electron chi connectivity index (χ0n) is 24.1. The van der Waals surface area contributed by atoms with E-state index in [1.165, 1.54) is 24.0 Å². The van der Waals surface area contributed by atoms with Crippen LogP contribution in [-0.2, 0) is 16.2 Å². The minimum atomic E-state index is -1.11. The summed E-state index contributed by atoms with van der Waals surface area (Å²) in [4.78, 5) is 45.2. The quantitative estimate of drug-likeness (QED) is 0.0999. The molecule has 2 N–H and O–H groups in total. The summed E-state index contributed by atoms with van der Waals surface area (Å²) in [6.07, 6.45) is 0. The Hall–Kier alpha value is -4.96. The number of aromatic nitrogens is 1. The molecule has 43 heavy (non-hydrogen) atoms. The second kappa shape index (κ2) is 12.1. The van der Waals surface area contributed by atoms with Crippen LogP contribution in [0.1, 0.15) is 57.5 Å². The minimum Gasteiger partial charge on any atom is -0.507 e. The van der Waals surface area contributed by atoms with Crippen LogP contribution < -0.4 is 14.4 Å². The standard InChI is InChI=1S/C33H30N2O7S/c1-5-41-26-16-22(12-15-25(26)37)28-27(30(39)32(40)35(28)33-34-19(3)31(43-33)20(4)36)29(38)21-10-13-24(14-11-21)42-17-23-9-7-6-8-18(23)2/h6-16,28,37-38H,5,17H2,1-4H3/b29-27+. The highest BCUT2D eigenvalue weighted by molar-refractivity contribution is 7.18. The number of aliphatic hydroxyl groups excluding tert-OH is 1. The highest BCUT2D eigenvalue weighted by Gasteiger charge is 2.48. The summed E-state index contributed by atoms with van der Waals surface area (Å²) in [7, 11) is 0. The molecule has 2 heterocycles. The fourth-order valence-corrected chi connectivity index (χ4v) is 5.92. The molecule has 4 aromatic rings. The van der Waals surface area contributed by atoms with Crippen molar-refractivity contribution in [2.75, 3.05) is 11.5 Å². The lowest BCUT2D eigenvalue weighted by molar-refractivity contribution is -0.132. The topological polar surface area (TPSA) is 126 Å². The first-order valence-electron chi connectivity index (χ1n) is 13.6. The highest BCUT2D eigenvalue weighted by atomic mass is 32.1. The largest absolute Gasteiger partial charge is 0.507 e. The van der Waals surface area contributed by atoms with Crippen molar-refractivity contribution in [1.29, 1.82) is 0 Å². The molecule has 3 aromatic carbocycles. The Kier molecular flexibility index (Phi) is 8.31. The fraction of sp³-hybridized carbons (Fsp3) is 0.212. The number of anilines is 1. The number of rotatable bonds is 9. The number of phenols is 1. The monoisotopic (exact) mass is 598 g/mol. The van der Waals surface area contributed by atoms with Crippen LogP contribution in [0.25, 0.3) is 5.76 Å². The van der Waals surface area contributed by atoms with Gasteiger partial charge in [0.1, 0.15) is 18.1 Å². The molecule has 1 amide bonds. The van der Waals surface area contributed by atoms with Crippen molar-refractivity contribution in [3.05, 3.63) is 105 Å². The number of aromatic hydroxyl groups is 1. The minimum absolute atomic E-state index is 0.118. The lowest BCUT2D eigenvalue weighted by Crippen LogP contribution is -2.29. The van der Waals surface area contributed by atoms with Gasteiger partial charge in [-0.3, -0.25) is 19.3 Å². The zero-order chi connectivity index (χ0) is 30.8. The van der Waals surface area contributed by atoms with Gasteiger partial charge in [0.25, 0.3) is 5.78 Å². The van der Waals surface area contributed by atoms with E-state index in [9.17, 15) is 24.6 Å². The number of carbonyl (C=O) groups excluding carboxylic acids is 3. The molecule has 1 aromatic heterocycles. The van der Waals surface area contributed by atoms with E-state index in [1.54, 1.807) is 44.2 Å². The summed E-state index contributed by atoms with van der Waals surface area (Å²) in [6, 6.07) is 17.8. The van der Waals surface area contributed by atoms with E-state index in [0.29, 0.717) is 34.1 Å². The smallest absolute Gasteiger partial charge is 0.301 e. The number of hydrogen-bond donors (Lipinski definition) is 2. The van der Waals surface area contributed by atoms with Gasteiger partial charge in [0, 0.05) is 12.5 Å². The first-order valence-corrected chi connectivity index (χ1v) is 14.4. The van der Waals surface area contributed by atoms with Gasteiger partial charge < -0.3 is 19.7 Å². The molecular formula is C33H30N2O7S. The third-order valence-electron chi connectivity index (χ3n) is 7.14. The summed E-state index contributed by atoms with van der Waals surface area (Å²) in [5, 5.41) is 22.0. The van der Waals surface area contributed by atoms with Gasteiger partial charge in [-0.05, 0) is 73.9 Å². The fourth-order valence-electron chi connectivity index (χ4n) is 4.93. The number of nitrogens with zero attached hydrogens (tertiary/aromatic N) is 2. The second-order valence-electron chi connectivity index (χ2n) is 10.0. The lowest BCUT2D eigenvalue weighted by atomic mass is 9.95. The number of hydrogen-bond acceptors (Lipinski definition) is 9. The molecule has 1 unspecified atom stereocenters. The molecule has 5 rings (SSSR count). The Bertz CT molecular complexity index is 1760. The van der Waals surface area contributed by atoms with Gasteiger partial charge in [0.15, 0.2) is 22.4 Å². The molecule has 9 nitrogen and oxygen atoms in total. The van der Waals surface area contributed by atoms with Crippen LogP contribution in [0.3, 0.4) is 0 Å². The van der Waals surface area contributed by atoms with Gasteiger partial charge in [0.2, 0.25) is 0 Å². The predicted octanol–water partition coefficient (Wildman–Crippen LogP) is 6.27. The molecule has 1 atom stereocenters. The normalized spacial score (nSPS) is 16.0. The van der Waals surface area contributed by atoms with E-state index in [2.05, 4.69) is 4.98 Å². The zero-order valence-corrected chi connectivity index (χ0v) is 24.9. The first-order chi connectivity index (χ1) is 20.6. The summed E-state index contributed by atoms with van der Waals surface area (Å²) in [6.45, 7) is 7.45. The van der Waals surface area contributed by atoms with Crippen molar-refractivity contribution < 1.29 is 34.1 Å². The number of Topliss-reactive ketones (excluding diaryl/α,β-unsaturated/α-hetero) is 2. The maximum absolute atomic E-state index is 13.5. The van der Waals surface area contributed by atoms with Crippen molar-refractivity contribution in [1.82, 2.24) is 4.98 Å². The Morgan fingerprint density at radius 3 is 2.40 bits per heavy atom. The molecule has 0 saturated carbocycles. The van der Waals surface area contributed by atoms with Gasteiger partial charge >= 0.3 is 5.91 Å². The van der Waals surface area contributed by atoms with Gasteiger partial charge in [-0.1, -0.05) is 41.7 Å². The molecule has 1 aliphatic rings. The van der Waals surface area contributed by atoms with Crippen LogP contribution in [0, 0.1) is 13.8 Å². The molecule has 220 valence electrons. The van der Waals surface area contributed by atoms with Crippen molar-refractivity contribution in [3.8, 4) is 17.2 Å². The molecule has 1 aliphatic heterocycles. The van der Waals surface area contributed by atoms with Gasteiger partial charge in [-0.25, -0.2) is 4.98 Å². The average Bonchev–Trinajstić information content (AvgIpc) is 3.50. The number of carbonyl (C=O) groups is 3. The van der Waals surface area contributed by atoms with E-state index < -0.39 is 17.7 Å². The Balaban J connectivity index is 1.57. The number of ether oxygens (including phenoxy) is 2. The van der Waals surface area contributed by atoms with Gasteiger partial charge in [0.05, 0.1) is 28.8 Å². The van der Waals surface area contributed by atoms with E-state index in [0.717, 1.165) is 22.5 Å². The van der Waals surface area contributed by atoms with Crippen LogP contribution in [0.4, 0.5) is 5.13 Å². The third kappa shape index (κ3) is 5.74. The van der Waals surface area contributed by atoms with E-state index >= 15 is 0 Å². The molecule has 1 saturated heterocycles. The number of thiazole rings is 1. The summed E-state index contributed by atoms with van der Waals surface area (Å²) < 4.78 is 11.5. The van der Waals surface area contributed by atoms with Crippen molar-refractivity contribution in [2.24, 2.45) is 0 Å². The molecule has 0 spiro atoms. The Morgan fingerprint density at radius 1 is 1.02 bits per heavy atom. The summed E-state index contributed by atoms with van der Waals surface area (Å²) in [5.41, 5.74) is 3.11. The Morgan fingerprint density at radius 2 is 1.74 bits per heavy atom. The Labute approximate surface area is 252 Å². The average molecular weight is 599 g/mol. The maximum Gasteiger partial charge on any atom is 0.301 e. The lowest BCUT2D eigenvalue weighted by Gasteiger charge is -2.23. The second-order valence-corrected chi connectivity index (χ2v) is 11.0. The number of aryl methyl sites for hydroxylation is 2. The molecule has 0 bridgehead atoms. The van der Waals surface area contributed by atoms with E-state index in [1.807, 2.05) is 31.2 Å². The number of phenolic OH excluding ortho intramolecular Hbond substituents is 1. The van der Waals surface area contributed by atoms with Crippen molar-refractivity contribution in [2.45, 2.75) is 40.3 Å². The van der Waals surface area contributed by atoms with Gasteiger partial charge in [-0.2, -0.15) is 0 Å². The molecule has 10 heteroatoms. The van der Waals surface area contributed by atoms with E-state index in [-0.39, 0.29) is 40.4 Å². The summed E-state index contributed by atoms with van der Waals surface area (Å²) >= 11 is 0.994. The van der Waals surface area contributed by atoms with Gasteiger partial charge in [-0.15, -0.1) is 0 Å². The van der Waals surface area contributed by atoms with E-state index in [4.69, 9.17) is 9.47 Å². The molecule has 0 aliphatic carbocycles. The SMILES string of the molecule is CCOc1cc(C2/C(=C(\O)c3ccc(OCc4ccccc4C)cc3)C(=O)C(=O)N2c2nc(C)c(C(C)=O)s2)ccc1O. The van der Waals surface area contributed by atoms with Crippen LogP contribution in [0.15, 0.2) is 72.3 Å². The van der Waals surface area contributed by atoms with Crippen LogP contribution in [0.2, 0.25) is 0 Å². The van der Waals surface area contributed by atoms with Crippen molar-refractivity contribution >= 4 is 39.7 Å². The number of ketones is 2. The molecular weight excluding hydrogens is 568 g/mol. The van der Waals surface area contributed by atoms with Crippen LogP contribution in [-0.4, -0.2) is 39.3 Å². The van der Waals surface area contributed by atoms with Crippen LogP contribution >= 0.6 is 11.3 Å². The third-order valence-corrected chi connectivity index (χ3v) is 8.40. The maximum atomic E-state index is 13.5. The van der Waals surface area contributed by atoms with Crippen LogP contribution in [0.5, 0.6) is 17.2 Å². The highest BCUT2D eigenvalue weighted by Crippen LogP contribution is 2.45. The molecule has 1 fully saturated rings. The number of amides is 1. The molecule has 0 radical (unpaired) electrons. The van der Waals surface area contributed by atoms with Crippen molar-refractivity contribution in [3.63, 3.8) is 0 Å². The first kappa shape index (κ1) is 29.5.